The molecule has 2 aromatic heterocycles. The Labute approximate surface area is 158 Å². The fourth-order valence-electron chi connectivity index (χ4n) is 3.29. The van der Waals surface area contributed by atoms with Crippen molar-refractivity contribution in [2.24, 2.45) is 0 Å². The number of fused-ring (bicyclic) bond motifs is 1. The summed E-state index contributed by atoms with van der Waals surface area (Å²) in [5, 5.41) is 3.81. The summed E-state index contributed by atoms with van der Waals surface area (Å²) in [5.74, 6) is -0.140. The first-order valence-corrected chi connectivity index (χ1v) is 9.13. The highest BCUT2D eigenvalue weighted by atomic mass is 16.5. The highest BCUT2D eigenvalue weighted by Crippen LogP contribution is 2.20. The number of nitrogens with one attached hydrogen (secondary N) is 1. The van der Waals surface area contributed by atoms with Crippen LogP contribution in [0.5, 0.6) is 0 Å². The average Bonchev–Trinajstić information content (AvgIpc) is 2.72. The Morgan fingerprint density at radius 3 is 2.93 bits per heavy atom. The molecule has 6 nitrogen and oxygen atoms in total. The molecule has 1 unspecified atom stereocenters. The van der Waals surface area contributed by atoms with Crippen LogP contribution in [0.15, 0.2) is 54.9 Å². The zero-order valence-electron chi connectivity index (χ0n) is 15.3. The predicted molar refractivity (Wildman–Crippen MR) is 105 cm³/mol. The van der Waals surface area contributed by atoms with E-state index in [4.69, 9.17) is 4.74 Å². The number of pyridine rings is 2. The van der Waals surface area contributed by atoms with Crippen LogP contribution in [-0.2, 0) is 11.3 Å². The monoisotopic (exact) mass is 362 g/mol. The van der Waals surface area contributed by atoms with E-state index < -0.39 is 0 Å². The van der Waals surface area contributed by atoms with Crippen molar-refractivity contribution in [3.63, 3.8) is 0 Å². The summed E-state index contributed by atoms with van der Waals surface area (Å²) in [6.07, 6.45) is 3.25. The summed E-state index contributed by atoms with van der Waals surface area (Å²) in [7, 11) is 0. The maximum Gasteiger partial charge on any atom is 0.253 e. The van der Waals surface area contributed by atoms with Gasteiger partial charge in [0.15, 0.2) is 5.65 Å². The van der Waals surface area contributed by atoms with E-state index in [1.54, 1.807) is 12.4 Å². The molecule has 1 aliphatic heterocycles. The molecule has 1 saturated heterocycles. The molecule has 1 N–H and O–H groups in total. The van der Waals surface area contributed by atoms with Gasteiger partial charge in [0.05, 0.1) is 18.8 Å². The molecule has 1 aromatic carbocycles. The number of ether oxygens (including phenoxy) is 1. The van der Waals surface area contributed by atoms with Crippen molar-refractivity contribution >= 4 is 22.6 Å². The van der Waals surface area contributed by atoms with E-state index in [0.717, 1.165) is 30.7 Å². The van der Waals surface area contributed by atoms with Gasteiger partial charge in [-0.25, -0.2) is 9.97 Å². The van der Waals surface area contributed by atoms with E-state index in [2.05, 4.69) is 51.4 Å². The van der Waals surface area contributed by atoms with Gasteiger partial charge in [0, 0.05) is 42.6 Å². The minimum atomic E-state index is -0.140. The number of rotatable bonds is 4. The van der Waals surface area contributed by atoms with Crippen LogP contribution in [0.25, 0.3) is 11.0 Å². The Balaban J connectivity index is 1.39. The number of hydrogen-bond donors (Lipinski definition) is 1. The molecule has 1 atom stereocenters. The summed E-state index contributed by atoms with van der Waals surface area (Å²) in [4.78, 5) is 23.2. The van der Waals surface area contributed by atoms with Crippen LogP contribution in [0.2, 0.25) is 0 Å². The van der Waals surface area contributed by atoms with E-state index >= 15 is 0 Å². The van der Waals surface area contributed by atoms with Gasteiger partial charge in [0.2, 0.25) is 0 Å². The Hall–Kier alpha value is -2.99. The number of hydrogen-bond acceptors (Lipinski definition) is 5. The van der Waals surface area contributed by atoms with Gasteiger partial charge in [0.25, 0.3) is 5.91 Å². The predicted octanol–water partition coefficient (Wildman–Crippen LogP) is 2.78. The van der Waals surface area contributed by atoms with Gasteiger partial charge in [-0.15, -0.1) is 0 Å². The standard InChI is InChI=1S/C21H22N4O2/c1-15-14-27-10-9-25(15)19-6-4-16(5-7-19)12-24-21(26)18-11-17-3-2-8-22-20(17)23-13-18/h2-8,11,13,15H,9-10,12,14H2,1H3,(H,24,26). The highest BCUT2D eigenvalue weighted by Gasteiger charge is 2.18. The van der Waals surface area contributed by atoms with Gasteiger partial charge in [0.1, 0.15) is 0 Å². The number of aromatic nitrogens is 2. The summed E-state index contributed by atoms with van der Waals surface area (Å²) in [5.41, 5.74) is 3.42. The van der Waals surface area contributed by atoms with Crippen molar-refractivity contribution < 1.29 is 9.53 Å². The Morgan fingerprint density at radius 1 is 1.26 bits per heavy atom. The number of carbonyl (C=O) groups excluding carboxylic acids is 1. The molecule has 1 aliphatic rings. The topological polar surface area (TPSA) is 67.3 Å². The Bertz CT molecular complexity index is 942. The molecule has 6 heteroatoms. The summed E-state index contributed by atoms with van der Waals surface area (Å²) in [6, 6.07) is 14.2. The quantitative estimate of drug-likeness (QED) is 0.773. The van der Waals surface area contributed by atoms with Gasteiger partial charge >= 0.3 is 0 Å². The first kappa shape index (κ1) is 17.4. The molecule has 1 fully saturated rings. The van der Waals surface area contributed by atoms with Crippen LogP contribution in [0, 0.1) is 0 Å². The minimum absolute atomic E-state index is 0.140. The Morgan fingerprint density at radius 2 is 2.11 bits per heavy atom. The first-order chi connectivity index (χ1) is 13.2. The van der Waals surface area contributed by atoms with Crippen LogP contribution < -0.4 is 10.2 Å². The van der Waals surface area contributed by atoms with Gasteiger partial charge in [-0.05, 0) is 42.8 Å². The maximum absolute atomic E-state index is 12.4. The van der Waals surface area contributed by atoms with Crippen molar-refractivity contribution in [1.29, 1.82) is 0 Å². The molecule has 0 saturated carbocycles. The molecular formula is C21H22N4O2. The van der Waals surface area contributed by atoms with Crippen LogP contribution in [0.4, 0.5) is 5.69 Å². The van der Waals surface area contributed by atoms with Crippen LogP contribution in [0.1, 0.15) is 22.8 Å². The first-order valence-electron chi connectivity index (χ1n) is 9.13. The van der Waals surface area contributed by atoms with Crippen molar-refractivity contribution in [1.82, 2.24) is 15.3 Å². The summed E-state index contributed by atoms with van der Waals surface area (Å²) < 4.78 is 5.49. The van der Waals surface area contributed by atoms with Gasteiger partial charge < -0.3 is 15.0 Å². The minimum Gasteiger partial charge on any atom is -0.377 e. The van der Waals surface area contributed by atoms with Crippen molar-refractivity contribution in [2.75, 3.05) is 24.7 Å². The van der Waals surface area contributed by atoms with Crippen molar-refractivity contribution in [3.05, 3.63) is 66.0 Å². The van der Waals surface area contributed by atoms with E-state index in [9.17, 15) is 4.79 Å². The molecular weight excluding hydrogens is 340 g/mol. The van der Waals surface area contributed by atoms with E-state index in [-0.39, 0.29) is 5.91 Å². The largest absolute Gasteiger partial charge is 0.377 e. The lowest BCUT2D eigenvalue weighted by atomic mass is 10.1. The third-order valence-electron chi connectivity index (χ3n) is 4.80. The fraction of sp³-hybridized carbons (Fsp3) is 0.286. The molecule has 3 heterocycles. The number of benzene rings is 1. The zero-order chi connectivity index (χ0) is 18.6. The molecule has 0 aliphatic carbocycles. The van der Waals surface area contributed by atoms with Crippen molar-refractivity contribution in [2.45, 2.75) is 19.5 Å². The van der Waals surface area contributed by atoms with Gasteiger partial charge in [-0.2, -0.15) is 0 Å². The number of morpholine rings is 1. The number of carbonyl (C=O) groups is 1. The van der Waals surface area contributed by atoms with E-state index in [1.807, 2.05) is 18.2 Å². The van der Waals surface area contributed by atoms with Crippen LogP contribution in [0.3, 0.4) is 0 Å². The lowest BCUT2D eigenvalue weighted by molar-refractivity contribution is 0.0950. The molecule has 0 radical (unpaired) electrons. The molecule has 0 bridgehead atoms. The molecule has 27 heavy (non-hydrogen) atoms. The zero-order valence-corrected chi connectivity index (χ0v) is 15.3. The molecule has 3 aromatic rings. The molecule has 138 valence electrons. The molecule has 0 spiro atoms. The second-order valence-corrected chi connectivity index (χ2v) is 6.74. The highest BCUT2D eigenvalue weighted by molar-refractivity contribution is 5.96. The lowest BCUT2D eigenvalue weighted by Crippen LogP contribution is -2.43. The number of anilines is 1. The second kappa shape index (κ2) is 7.72. The Kier molecular flexibility index (Phi) is 4.98. The SMILES string of the molecule is CC1COCCN1c1ccc(CNC(=O)c2cnc3ncccc3c2)cc1. The summed E-state index contributed by atoms with van der Waals surface area (Å²) in [6.45, 7) is 5.06. The maximum atomic E-state index is 12.4. The van der Waals surface area contributed by atoms with Crippen LogP contribution >= 0.6 is 0 Å². The third-order valence-corrected chi connectivity index (χ3v) is 4.80. The smallest absolute Gasteiger partial charge is 0.253 e. The van der Waals surface area contributed by atoms with E-state index in [1.165, 1.54) is 5.69 Å². The van der Waals surface area contributed by atoms with E-state index in [0.29, 0.717) is 23.8 Å². The van der Waals surface area contributed by atoms with Gasteiger partial charge in [-0.3, -0.25) is 4.79 Å². The lowest BCUT2D eigenvalue weighted by Gasteiger charge is -2.35. The van der Waals surface area contributed by atoms with Crippen LogP contribution in [-0.4, -0.2) is 41.7 Å². The fourth-order valence-corrected chi connectivity index (χ4v) is 3.29. The summed E-state index contributed by atoms with van der Waals surface area (Å²) >= 11 is 0. The van der Waals surface area contributed by atoms with Gasteiger partial charge in [-0.1, -0.05) is 12.1 Å². The molecule has 4 rings (SSSR count). The number of nitrogens with zero attached hydrogens (tertiary/aromatic N) is 3. The average molecular weight is 362 g/mol. The second-order valence-electron chi connectivity index (χ2n) is 6.74. The third kappa shape index (κ3) is 3.90. The number of amides is 1. The molecule has 1 amide bonds. The normalized spacial score (nSPS) is 17.1. The van der Waals surface area contributed by atoms with Crippen molar-refractivity contribution in [3.8, 4) is 0 Å².